The zero-order valence-corrected chi connectivity index (χ0v) is 16.9. The van der Waals surface area contributed by atoms with Crippen molar-refractivity contribution in [2.24, 2.45) is 0 Å². The second kappa shape index (κ2) is 7.92. The second-order valence-corrected chi connectivity index (χ2v) is 7.35. The molecule has 4 rings (SSSR count). The number of benzene rings is 2. The fourth-order valence-corrected chi connectivity index (χ4v) is 3.84. The molecule has 0 radical (unpaired) electrons. The van der Waals surface area contributed by atoms with Crippen LogP contribution in [-0.2, 0) is 0 Å². The predicted molar refractivity (Wildman–Crippen MR) is 114 cm³/mol. The van der Waals surface area contributed by atoms with Crippen LogP contribution in [0.1, 0.15) is 31.1 Å². The van der Waals surface area contributed by atoms with E-state index in [1.807, 2.05) is 29.6 Å². The van der Waals surface area contributed by atoms with Crippen LogP contribution in [-0.4, -0.2) is 41.3 Å². The summed E-state index contributed by atoms with van der Waals surface area (Å²) in [5, 5.41) is 5.02. The van der Waals surface area contributed by atoms with Gasteiger partial charge in [0.15, 0.2) is 5.13 Å². The molecule has 2 heterocycles. The average molecular weight is 419 g/mol. The molecule has 1 N–H and O–H groups in total. The summed E-state index contributed by atoms with van der Waals surface area (Å²) in [6, 6.07) is 11.9. The maximum absolute atomic E-state index is 12.7. The lowest BCUT2D eigenvalue weighted by atomic mass is 10.1. The summed E-state index contributed by atoms with van der Waals surface area (Å²) in [7, 11) is 1.60. The standard InChI is InChI=1S/C22H17N3O4S/c1-3-10-25-20(27)16-9-6-14(11-17(16)21(25)28)19(26)24-22-23-18(12-30-22)13-4-7-15(29-2)8-5-13/h3-9,11-12H,1,10H2,2H3,(H,23,24,26). The van der Waals surface area contributed by atoms with Gasteiger partial charge in [0.25, 0.3) is 17.7 Å². The summed E-state index contributed by atoms with van der Waals surface area (Å²) in [4.78, 5) is 42.9. The van der Waals surface area contributed by atoms with Crippen molar-refractivity contribution in [3.05, 3.63) is 77.2 Å². The number of anilines is 1. The molecule has 2 aromatic carbocycles. The smallest absolute Gasteiger partial charge is 0.261 e. The number of amides is 3. The number of thiazole rings is 1. The van der Waals surface area contributed by atoms with E-state index in [0.29, 0.717) is 5.13 Å². The number of nitrogens with one attached hydrogen (secondary N) is 1. The zero-order chi connectivity index (χ0) is 21.3. The predicted octanol–water partition coefficient (Wildman–Crippen LogP) is 3.85. The first-order valence-electron chi connectivity index (χ1n) is 9.04. The van der Waals surface area contributed by atoms with Crippen LogP contribution < -0.4 is 10.1 Å². The maximum atomic E-state index is 12.7. The monoisotopic (exact) mass is 419 g/mol. The normalized spacial score (nSPS) is 12.6. The number of carbonyl (C=O) groups is 3. The van der Waals surface area contributed by atoms with Crippen LogP contribution in [0.5, 0.6) is 5.75 Å². The van der Waals surface area contributed by atoms with Gasteiger partial charge in [-0.1, -0.05) is 6.08 Å². The second-order valence-electron chi connectivity index (χ2n) is 6.49. The number of methoxy groups -OCH3 is 1. The highest BCUT2D eigenvalue weighted by atomic mass is 32.1. The molecule has 30 heavy (non-hydrogen) atoms. The summed E-state index contributed by atoms with van der Waals surface area (Å²) >= 11 is 1.30. The molecule has 1 aliphatic rings. The molecule has 0 spiro atoms. The van der Waals surface area contributed by atoms with Crippen LogP contribution in [0.25, 0.3) is 11.3 Å². The maximum Gasteiger partial charge on any atom is 0.261 e. The van der Waals surface area contributed by atoms with E-state index in [1.165, 1.54) is 35.6 Å². The van der Waals surface area contributed by atoms with E-state index in [0.717, 1.165) is 21.9 Å². The SMILES string of the molecule is C=CCN1C(=O)c2ccc(C(=O)Nc3nc(-c4ccc(OC)cc4)cs3)cc2C1=O. The number of aromatic nitrogens is 1. The van der Waals surface area contributed by atoms with Crippen molar-refractivity contribution in [1.82, 2.24) is 9.88 Å². The Morgan fingerprint density at radius 1 is 1.17 bits per heavy atom. The largest absolute Gasteiger partial charge is 0.497 e. The van der Waals surface area contributed by atoms with Gasteiger partial charge in [0.05, 0.1) is 23.9 Å². The van der Waals surface area contributed by atoms with Gasteiger partial charge in [-0.15, -0.1) is 17.9 Å². The number of hydrogen-bond acceptors (Lipinski definition) is 6. The molecule has 1 aromatic heterocycles. The van der Waals surface area contributed by atoms with Crippen LogP contribution >= 0.6 is 11.3 Å². The van der Waals surface area contributed by atoms with Gasteiger partial charge in [-0.05, 0) is 42.5 Å². The highest BCUT2D eigenvalue weighted by Crippen LogP contribution is 2.28. The molecule has 0 saturated carbocycles. The minimum Gasteiger partial charge on any atom is -0.497 e. The fourth-order valence-electron chi connectivity index (χ4n) is 3.12. The fraction of sp³-hybridized carbons (Fsp3) is 0.0909. The van der Waals surface area contributed by atoms with Crippen molar-refractivity contribution in [2.45, 2.75) is 0 Å². The van der Waals surface area contributed by atoms with Gasteiger partial charge in [0.2, 0.25) is 0 Å². The molecule has 0 atom stereocenters. The lowest BCUT2D eigenvalue weighted by Gasteiger charge is -2.09. The molecule has 0 fully saturated rings. The van der Waals surface area contributed by atoms with Crippen LogP contribution in [0.2, 0.25) is 0 Å². The molecule has 8 heteroatoms. The summed E-state index contributed by atoms with van der Waals surface area (Å²) in [5.74, 6) is -0.471. The van der Waals surface area contributed by atoms with Crippen molar-refractivity contribution in [3.8, 4) is 17.0 Å². The summed E-state index contributed by atoms with van der Waals surface area (Å²) < 4.78 is 5.15. The Bertz CT molecular complexity index is 1170. The Kier molecular flexibility index (Phi) is 5.16. The van der Waals surface area contributed by atoms with Crippen molar-refractivity contribution in [1.29, 1.82) is 0 Å². The summed E-state index contributed by atoms with van der Waals surface area (Å²) in [6.45, 7) is 3.68. The van der Waals surface area contributed by atoms with Crippen LogP contribution in [0.15, 0.2) is 60.5 Å². The highest BCUT2D eigenvalue weighted by molar-refractivity contribution is 7.14. The Hall–Kier alpha value is -3.78. The van der Waals surface area contributed by atoms with Gasteiger partial charge in [0.1, 0.15) is 5.75 Å². The number of hydrogen-bond donors (Lipinski definition) is 1. The molecule has 150 valence electrons. The van der Waals surface area contributed by atoms with Gasteiger partial charge < -0.3 is 4.74 Å². The first-order chi connectivity index (χ1) is 14.5. The average Bonchev–Trinajstić information content (AvgIpc) is 3.32. The first-order valence-corrected chi connectivity index (χ1v) is 9.92. The molecule has 1 aliphatic heterocycles. The van der Waals surface area contributed by atoms with Gasteiger partial charge in [-0.25, -0.2) is 4.98 Å². The van der Waals surface area contributed by atoms with E-state index < -0.39 is 11.8 Å². The van der Waals surface area contributed by atoms with Crippen molar-refractivity contribution >= 4 is 34.2 Å². The van der Waals surface area contributed by atoms with E-state index in [4.69, 9.17) is 4.74 Å². The van der Waals surface area contributed by atoms with Gasteiger partial charge in [-0.3, -0.25) is 24.6 Å². The zero-order valence-electron chi connectivity index (χ0n) is 16.0. The van der Waals surface area contributed by atoms with Crippen LogP contribution in [0.3, 0.4) is 0 Å². The lowest BCUT2D eigenvalue weighted by Crippen LogP contribution is -2.29. The minimum absolute atomic E-state index is 0.126. The summed E-state index contributed by atoms with van der Waals surface area (Å²) in [5.41, 5.74) is 2.41. The van der Waals surface area contributed by atoms with E-state index in [-0.39, 0.29) is 29.1 Å². The molecule has 3 aromatic rings. The molecule has 7 nitrogen and oxygen atoms in total. The van der Waals surface area contributed by atoms with Crippen molar-refractivity contribution < 1.29 is 19.1 Å². The molecule has 0 bridgehead atoms. The quantitative estimate of drug-likeness (QED) is 0.484. The number of rotatable bonds is 6. The lowest BCUT2D eigenvalue weighted by molar-refractivity contribution is 0.0672. The van der Waals surface area contributed by atoms with E-state index in [2.05, 4.69) is 16.9 Å². The molecule has 3 amide bonds. The Balaban J connectivity index is 1.52. The molecule has 0 aliphatic carbocycles. The number of nitrogens with zero attached hydrogens (tertiary/aromatic N) is 2. The van der Waals surface area contributed by atoms with Crippen LogP contribution in [0, 0.1) is 0 Å². The third-order valence-corrected chi connectivity index (χ3v) is 5.41. The number of fused-ring (bicyclic) bond motifs is 1. The van der Waals surface area contributed by atoms with Crippen LogP contribution in [0.4, 0.5) is 5.13 Å². The minimum atomic E-state index is -0.430. The van der Waals surface area contributed by atoms with E-state index in [9.17, 15) is 14.4 Å². The Morgan fingerprint density at radius 2 is 1.90 bits per heavy atom. The third-order valence-electron chi connectivity index (χ3n) is 4.65. The third kappa shape index (κ3) is 3.48. The number of carbonyl (C=O) groups excluding carboxylic acids is 3. The van der Waals surface area contributed by atoms with Crippen molar-refractivity contribution in [2.75, 3.05) is 19.0 Å². The topological polar surface area (TPSA) is 88.6 Å². The Morgan fingerprint density at radius 3 is 2.60 bits per heavy atom. The molecule has 0 unspecified atom stereocenters. The summed E-state index contributed by atoms with van der Waals surface area (Å²) in [6.07, 6.45) is 1.48. The molecular formula is C22H17N3O4S. The van der Waals surface area contributed by atoms with Gasteiger partial charge >= 0.3 is 0 Å². The Labute approximate surface area is 176 Å². The van der Waals surface area contributed by atoms with Gasteiger partial charge in [-0.2, -0.15) is 0 Å². The highest BCUT2D eigenvalue weighted by Gasteiger charge is 2.35. The molecule has 0 saturated heterocycles. The number of imide groups is 1. The first kappa shape index (κ1) is 19.5. The van der Waals surface area contributed by atoms with E-state index in [1.54, 1.807) is 7.11 Å². The van der Waals surface area contributed by atoms with E-state index >= 15 is 0 Å². The number of ether oxygens (including phenoxy) is 1. The molecular weight excluding hydrogens is 402 g/mol. The van der Waals surface area contributed by atoms with Crippen molar-refractivity contribution in [3.63, 3.8) is 0 Å². The van der Waals surface area contributed by atoms with Gasteiger partial charge in [0, 0.05) is 23.1 Å².